The van der Waals surface area contributed by atoms with Crippen LogP contribution in [0.4, 0.5) is 0 Å². The normalized spacial score (nSPS) is 10.4. The highest BCUT2D eigenvalue weighted by Crippen LogP contribution is 1.95. The molecule has 72 valence electrons. The molecule has 0 heterocycles. The standard InChI is InChI=1S/C9H17Cl2N/c1-9(2)3-6-12(7-4-10)8-5-11/h3H,4-8H2,1-2H3. The SMILES string of the molecule is CC(C)=CCN(CCCl)CCCl. The van der Waals surface area contributed by atoms with Gasteiger partial charge >= 0.3 is 0 Å². The molecule has 0 saturated carbocycles. The molecule has 0 aliphatic heterocycles. The second-order valence-corrected chi connectivity index (χ2v) is 3.72. The molecule has 0 amide bonds. The lowest BCUT2D eigenvalue weighted by Crippen LogP contribution is -2.28. The van der Waals surface area contributed by atoms with Gasteiger partial charge in [0.2, 0.25) is 0 Å². The van der Waals surface area contributed by atoms with Crippen molar-refractivity contribution in [3.05, 3.63) is 11.6 Å². The summed E-state index contributed by atoms with van der Waals surface area (Å²) in [5.74, 6) is 1.35. The van der Waals surface area contributed by atoms with Crippen molar-refractivity contribution in [1.82, 2.24) is 4.90 Å². The van der Waals surface area contributed by atoms with E-state index in [1.807, 2.05) is 0 Å². The molecule has 0 bridgehead atoms. The minimum absolute atomic E-state index is 0.674. The summed E-state index contributed by atoms with van der Waals surface area (Å²) in [6.07, 6.45) is 2.19. The van der Waals surface area contributed by atoms with Gasteiger partial charge in [-0.05, 0) is 13.8 Å². The highest BCUT2D eigenvalue weighted by molar-refractivity contribution is 6.18. The van der Waals surface area contributed by atoms with Gasteiger partial charge in [0.1, 0.15) is 0 Å². The van der Waals surface area contributed by atoms with E-state index in [2.05, 4.69) is 24.8 Å². The van der Waals surface area contributed by atoms with Crippen molar-refractivity contribution in [3.8, 4) is 0 Å². The van der Waals surface area contributed by atoms with Crippen LogP contribution in [-0.2, 0) is 0 Å². The van der Waals surface area contributed by atoms with Crippen molar-refractivity contribution >= 4 is 23.2 Å². The second kappa shape index (κ2) is 7.90. The topological polar surface area (TPSA) is 3.24 Å². The van der Waals surface area contributed by atoms with Gasteiger partial charge < -0.3 is 0 Å². The highest BCUT2D eigenvalue weighted by Gasteiger charge is 1.99. The van der Waals surface area contributed by atoms with Crippen LogP contribution in [-0.4, -0.2) is 36.3 Å². The minimum atomic E-state index is 0.674. The Balaban J connectivity index is 3.69. The summed E-state index contributed by atoms with van der Waals surface area (Å²) >= 11 is 11.3. The zero-order valence-corrected chi connectivity index (χ0v) is 9.33. The molecule has 0 aromatic heterocycles. The lowest BCUT2D eigenvalue weighted by Gasteiger charge is -2.17. The first-order valence-corrected chi connectivity index (χ1v) is 5.25. The molecule has 0 atom stereocenters. The van der Waals surface area contributed by atoms with E-state index in [4.69, 9.17) is 23.2 Å². The number of allylic oxidation sites excluding steroid dienone is 1. The molecular weight excluding hydrogens is 193 g/mol. The molecule has 0 saturated heterocycles. The minimum Gasteiger partial charge on any atom is -0.297 e. The van der Waals surface area contributed by atoms with Crippen molar-refractivity contribution in [2.75, 3.05) is 31.4 Å². The quantitative estimate of drug-likeness (QED) is 0.481. The van der Waals surface area contributed by atoms with Crippen LogP contribution in [0.5, 0.6) is 0 Å². The zero-order chi connectivity index (χ0) is 9.40. The summed E-state index contributed by atoms with van der Waals surface area (Å²) in [7, 11) is 0. The average Bonchev–Trinajstić information content (AvgIpc) is 2.01. The maximum atomic E-state index is 5.64. The first-order chi connectivity index (χ1) is 5.70. The van der Waals surface area contributed by atoms with Gasteiger partial charge in [0, 0.05) is 31.4 Å². The van der Waals surface area contributed by atoms with Crippen molar-refractivity contribution in [2.24, 2.45) is 0 Å². The molecule has 12 heavy (non-hydrogen) atoms. The second-order valence-electron chi connectivity index (χ2n) is 2.96. The summed E-state index contributed by atoms with van der Waals surface area (Å²) in [6.45, 7) is 6.98. The van der Waals surface area contributed by atoms with Crippen LogP contribution in [0.25, 0.3) is 0 Å². The molecule has 0 unspecified atom stereocenters. The average molecular weight is 210 g/mol. The van der Waals surface area contributed by atoms with Gasteiger partial charge in [0.15, 0.2) is 0 Å². The third-order valence-corrected chi connectivity index (χ3v) is 1.90. The Kier molecular flexibility index (Phi) is 8.09. The number of halogens is 2. The Bertz CT molecular complexity index is 124. The molecular formula is C9H17Cl2N. The number of alkyl halides is 2. The van der Waals surface area contributed by atoms with Crippen LogP contribution in [0.15, 0.2) is 11.6 Å². The van der Waals surface area contributed by atoms with E-state index in [9.17, 15) is 0 Å². The summed E-state index contributed by atoms with van der Waals surface area (Å²) < 4.78 is 0. The predicted octanol–water partition coefficient (Wildman–Crippen LogP) is 2.73. The Morgan fingerprint density at radius 2 is 1.67 bits per heavy atom. The largest absolute Gasteiger partial charge is 0.297 e. The fourth-order valence-electron chi connectivity index (χ4n) is 0.845. The van der Waals surface area contributed by atoms with Crippen LogP contribution in [0.2, 0.25) is 0 Å². The Morgan fingerprint density at radius 3 is 2.00 bits per heavy atom. The van der Waals surface area contributed by atoms with Gasteiger partial charge in [0.25, 0.3) is 0 Å². The lowest BCUT2D eigenvalue weighted by atomic mass is 10.3. The van der Waals surface area contributed by atoms with Crippen LogP contribution in [0.3, 0.4) is 0 Å². The van der Waals surface area contributed by atoms with Crippen molar-refractivity contribution in [2.45, 2.75) is 13.8 Å². The van der Waals surface area contributed by atoms with E-state index >= 15 is 0 Å². The third-order valence-electron chi connectivity index (χ3n) is 1.56. The fraction of sp³-hybridized carbons (Fsp3) is 0.778. The number of nitrogens with zero attached hydrogens (tertiary/aromatic N) is 1. The van der Waals surface area contributed by atoms with E-state index in [1.54, 1.807) is 0 Å². The summed E-state index contributed by atoms with van der Waals surface area (Å²) in [5, 5.41) is 0. The van der Waals surface area contributed by atoms with Gasteiger partial charge in [-0.15, -0.1) is 23.2 Å². The predicted molar refractivity (Wildman–Crippen MR) is 57.3 cm³/mol. The molecule has 0 aromatic rings. The smallest absolute Gasteiger partial charge is 0.0351 e. The molecule has 0 aliphatic carbocycles. The van der Waals surface area contributed by atoms with E-state index in [0.717, 1.165) is 19.6 Å². The molecule has 0 N–H and O–H groups in total. The van der Waals surface area contributed by atoms with Crippen molar-refractivity contribution in [3.63, 3.8) is 0 Å². The van der Waals surface area contributed by atoms with Gasteiger partial charge in [-0.25, -0.2) is 0 Å². The monoisotopic (exact) mass is 209 g/mol. The van der Waals surface area contributed by atoms with Gasteiger partial charge in [0.05, 0.1) is 0 Å². The molecule has 0 fully saturated rings. The molecule has 0 radical (unpaired) electrons. The van der Waals surface area contributed by atoms with Crippen LogP contribution in [0.1, 0.15) is 13.8 Å². The maximum absolute atomic E-state index is 5.64. The highest BCUT2D eigenvalue weighted by atomic mass is 35.5. The molecule has 1 nitrogen and oxygen atoms in total. The van der Waals surface area contributed by atoms with Gasteiger partial charge in [-0.2, -0.15) is 0 Å². The lowest BCUT2D eigenvalue weighted by molar-refractivity contribution is 0.340. The van der Waals surface area contributed by atoms with E-state index in [-0.39, 0.29) is 0 Å². The summed E-state index contributed by atoms with van der Waals surface area (Å²) in [4.78, 5) is 2.24. The van der Waals surface area contributed by atoms with Crippen LogP contribution >= 0.6 is 23.2 Å². The summed E-state index contributed by atoms with van der Waals surface area (Å²) in [5.41, 5.74) is 1.34. The van der Waals surface area contributed by atoms with Crippen LogP contribution < -0.4 is 0 Å². The van der Waals surface area contributed by atoms with Crippen molar-refractivity contribution < 1.29 is 0 Å². The Labute approximate surface area is 85.3 Å². The van der Waals surface area contributed by atoms with Crippen molar-refractivity contribution in [1.29, 1.82) is 0 Å². The number of hydrogen-bond acceptors (Lipinski definition) is 1. The molecule has 0 aliphatic rings. The fourth-order valence-corrected chi connectivity index (χ4v) is 1.32. The third kappa shape index (κ3) is 6.96. The first-order valence-electron chi connectivity index (χ1n) is 4.18. The molecule has 0 spiro atoms. The first kappa shape index (κ1) is 12.3. The number of hydrogen-bond donors (Lipinski definition) is 0. The van der Waals surface area contributed by atoms with Gasteiger partial charge in [-0.3, -0.25) is 4.90 Å². The van der Waals surface area contributed by atoms with Gasteiger partial charge in [-0.1, -0.05) is 11.6 Å². The van der Waals surface area contributed by atoms with E-state index in [1.165, 1.54) is 5.57 Å². The number of rotatable bonds is 6. The molecule has 3 heteroatoms. The maximum Gasteiger partial charge on any atom is 0.0351 e. The summed E-state index contributed by atoms with van der Waals surface area (Å²) in [6, 6.07) is 0. The zero-order valence-electron chi connectivity index (χ0n) is 7.82. The Hall–Kier alpha value is 0.280. The molecule has 0 rings (SSSR count). The molecule has 0 aromatic carbocycles. The Morgan fingerprint density at radius 1 is 1.17 bits per heavy atom. The van der Waals surface area contributed by atoms with Crippen LogP contribution in [0, 0.1) is 0 Å². The van der Waals surface area contributed by atoms with E-state index < -0.39 is 0 Å². The van der Waals surface area contributed by atoms with E-state index in [0.29, 0.717) is 11.8 Å².